The zero-order chi connectivity index (χ0) is 22.7. The van der Waals surface area contributed by atoms with Crippen LogP contribution < -0.4 is 9.44 Å². The van der Waals surface area contributed by atoms with E-state index in [2.05, 4.69) is 0 Å². The van der Waals surface area contributed by atoms with Gasteiger partial charge in [0.2, 0.25) is 5.60 Å². The van der Waals surface area contributed by atoms with Crippen LogP contribution in [0.3, 0.4) is 0 Å². The number of aliphatic hydroxyl groups is 1. The number of fused-ring (bicyclic) bond motifs is 3. The number of quaternary nitrogens is 1. The summed E-state index contributed by atoms with van der Waals surface area (Å²) in [5.41, 5.74) is -1.73. The summed E-state index contributed by atoms with van der Waals surface area (Å²) in [5, 5.41) is 15.3. The molecule has 3 fully saturated rings. The van der Waals surface area contributed by atoms with Gasteiger partial charge in [-0.3, -0.25) is 0 Å². The highest BCUT2D eigenvalue weighted by Crippen LogP contribution is 2.40. The molecular formula is C26H30FNO4S2. The maximum atomic E-state index is 13.4. The lowest BCUT2D eigenvalue weighted by Gasteiger charge is -2.52. The van der Waals surface area contributed by atoms with Gasteiger partial charge in [0.25, 0.3) is 0 Å². The van der Waals surface area contributed by atoms with E-state index in [-0.39, 0.29) is 10.8 Å². The first-order chi connectivity index (χ1) is 16.1. The normalized spacial score (nSPS) is 23.8. The molecule has 3 aliphatic heterocycles. The van der Waals surface area contributed by atoms with E-state index in [4.69, 9.17) is 9.47 Å². The summed E-state index contributed by atoms with van der Waals surface area (Å²) >= 11 is 2.77. The summed E-state index contributed by atoms with van der Waals surface area (Å²) in [5.74, 6) is 0.741. The Balaban J connectivity index is 0.00000274. The average molecular weight is 504 g/mol. The summed E-state index contributed by atoms with van der Waals surface area (Å²) < 4.78 is 13.0. The molecule has 0 spiro atoms. The van der Waals surface area contributed by atoms with E-state index in [0.29, 0.717) is 22.3 Å². The molecule has 2 bridgehead atoms. The van der Waals surface area contributed by atoms with Crippen molar-refractivity contribution < 1.29 is 28.6 Å². The summed E-state index contributed by atoms with van der Waals surface area (Å²) in [6, 6.07) is 17.3. The number of carbonyl (C=O) groups excluding carboxylic acids is 1. The molecule has 1 aromatic carbocycles. The summed E-state index contributed by atoms with van der Waals surface area (Å²) in [6.45, 7) is 4.79. The van der Waals surface area contributed by atoms with Crippen molar-refractivity contribution in [2.24, 2.45) is 5.92 Å². The quantitative estimate of drug-likeness (QED) is 0.274. The monoisotopic (exact) mass is 503 g/mol. The molecule has 34 heavy (non-hydrogen) atoms. The molecule has 2 aromatic heterocycles. The van der Waals surface area contributed by atoms with Crippen LogP contribution in [0.4, 0.5) is 0 Å². The molecule has 1 N–H and O–H groups in total. The van der Waals surface area contributed by atoms with Crippen LogP contribution >= 0.6 is 22.7 Å². The van der Waals surface area contributed by atoms with E-state index in [9.17, 15) is 9.90 Å². The Morgan fingerprint density at radius 1 is 1.00 bits per heavy atom. The molecule has 182 valence electrons. The van der Waals surface area contributed by atoms with Crippen LogP contribution in [-0.2, 0) is 15.1 Å². The number of benzene rings is 1. The molecule has 0 saturated carbocycles. The van der Waals surface area contributed by atoms with Gasteiger partial charge < -0.3 is 23.8 Å². The van der Waals surface area contributed by atoms with Crippen LogP contribution in [0.2, 0.25) is 0 Å². The lowest BCUT2D eigenvalue weighted by molar-refractivity contribution is -0.946. The number of piperidine rings is 3. The Hall–Kier alpha value is -2.26. The van der Waals surface area contributed by atoms with Crippen molar-refractivity contribution in [2.75, 3.05) is 32.8 Å². The molecule has 3 aliphatic rings. The van der Waals surface area contributed by atoms with E-state index in [1.165, 1.54) is 22.7 Å². The zero-order valence-corrected chi connectivity index (χ0v) is 20.6. The van der Waals surface area contributed by atoms with Crippen molar-refractivity contribution in [2.45, 2.75) is 31.0 Å². The molecule has 1 atom stereocenters. The fourth-order valence-electron chi connectivity index (χ4n) is 5.29. The Morgan fingerprint density at radius 3 is 2.24 bits per heavy atom. The lowest BCUT2D eigenvalue weighted by atomic mass is 9.83. The van der Waals surface area contributed by atoms with E-state index in [0.717, 1.165) is 55.7 Å². The minimum atomic E-state index is -1.73. The van der Waals surface area contributed by atoms with Gasteiger partial charge >= 0.3 is 5.97 Å². The van der Waals surface area contributed by atoms with Gasteiger partial charge in [-0.05, 0) is 35.0 Å². The molecule has 6 rings (SSSR count). The topological polar surface area (TPSA) is 55.8 Å². The van der Waals surface area contributed by atoms with Crippen molar-refractivity contribution >= 4 is 28.6 Å². The molecule has 0 radical (unpaired) electrons. The van der Waals surface area contributed by atoms with Gasteiger partial charge in [-0.25, -0.2) is 4.79 Å². The second-order valence-electron chi connectivity index (χ2n) is 9.16. The Labute approximate surface area is 207 Å². The van der Waals surface area contributed by atoms with Crippen molar-refractivity contribution in [3.05, 3.63) is 75.1 Å². The molecule has 1 unspecified atom stereocenters. The van der Waals surface area contributed by atoms with Gasteiger partial charge in [-0.2, -0.15) is 0 Å². The largest absolute Gasteiger partial charge is 1.00 e. The van der Waals surface area contributed by atoms with Crippen LogP contribution in [0, 0.1) is 5.92 Å². The highest BCUT2D eigenvalue weighted by molar-refractivity contribution is 7.12. The zero-order valence-electron chi connectivity index (χ0n) is 19.0. The molecule has 5 nitrogen and oxygen atoms in total. The third-order valence-electron chi connectivity index (χ3n) is 7.14. The van der Waals surface area contributed by atoms with Gasteiger partial charge in [0.05, 0.1) is 36.0 Å². The maximum Gasteiger partial charge on any atom is 0.349 e. The predicted molar refractivity (Wildman–Crippen MR) is 131 cm³/mol. The SMILES string of the molecule is O=C(OC1C[N+]2(CCCOc3ccccc3)CCC1CC2)C(O)(c1cccs1)c1cccs1.[F-]. The summed E-state index contributed by atoms with van der Waals surface area (Å²) in [4.78, 5) is 14.7. The smallest absolute Gasteiger partial charge is 0.349 e. The van der Waals surface area contributed by atoms with Gasteiger partial charge in [-0.15, -0.1) is 22.7 Å². The maximum absolute atomic E-state index is 13.4. The van der Waals surface area contributed by atoms with Crippen LogP contribution in [0.15, 0.2) is 65.4 Å². The second kappa shape index (κ2) is 10.6. The van der Waals surface area contributed by atoms with Gasteiger partial charge in [0.15, 0.2) is 6.10 Å². The predicted octanol–water partition coefficient (Wildman–Crippen LogP) is 1.67. The number of para-hydroxylation sites is 1. The number of thiophene rings is 2. The molecule has 3 saturated heterocycles. The molecular weight excluding hydrogens is 473 g/mol. The first-order valence-electron chi connectivity index (χ1n) is 11.6. The fraction of sp³-hybridized carbons (Fsp3) is 0.423. The third kappa shape index (κ3) is 4.91. The molecule has 0 amide bonds. The Morgan fingerprint density at radius 2 is 1.65 bits per heavy atom. The first kappa shape index (κ1) is 24.9. The van der Waals surface area contributed by atoms with Crippen LogP contribution in [0.25, 0.3) is 0 Å². The molecule has 0 aliphatic carbocycles. The van der Waals surface area contributed by atoms with E-state index < -0.39 is 11.6 Å². The average Bonchev–Trinajstić information content (AvgIpc) is 3.58. The molecule has 8 heteroatoms. The van der Waals surface area contributed by atoms with Crippen molar-refractivity contribution in [3.63, 3.8) is 0 Å². The fourth-order valence-corrected chi connectivity index (χ4v) is 7.00. The number of hydrogen-bond donors (Lipinski definition) is 1. The van der Waals surface area contributed by atoms with Gasteiger partial charge in [0, 0.05) is 25.2 Å². The number of nitrogens with zero attached hydrogens (tertiary/aromatic N) is 1. The minimum absolute atomic E-state index is 0. The van der Waals surface area contributed by atoms with Crippen LogP contribution in [0.1, 0.15) is 29.0 Å². The van der Waals surface area contributed by atoms with Crippen molar-refractivity contribution in [1.82, 2.24) is 0 Å². The standard InChI is InChI=1S/C26H30NO4S2.FH/c28-25(26(29,23-9-4-17-32-23)24-10-5-18-33-24)31-22-19-27(14-11-20(22)12-15-27)13-6-16-30-21-7-2-1-3-8-21;/h1-5,7-10,17-18,20,22,29H,6,11-16,19H2;1H/q+1;/p-1. The number of carbonyl (C=O) groups is 1. The Bertz CT molecular complexity index is 1000. The second-order valence-corrected chi connectivity index (χ2v) is 11.1. The highest BCUT2D eigenvalue weighted by atomic mass is 32.1. The van der Waals surface area contributed by atoms with Gasteiger partial charge in [-0.1, -0.05) is 30.3 Å². The number of rotatable bonds is 9. The van der Waals surface area contributed by atoms with Crippen molar-refractivity contribution in [1.29, 1.82) is 0 Å². The minimum Gasteiger partial charge on any atom is -1.00 e. The number of ether oxygens (including phenoxy) is 2. The Kier molecular flexibility index (Phi) is 7.72. The number of halogens is 1. The number of hydrogen-bond acceptors (Lipinski definition) is 6. The summed E-state index contributed by atoms with van der Waals surface area (Å²) in [6.07, 6.45) is 2.94. The van der Waals surface area contributed by atoms with Crippen LogP contribution in [0.5, 0.6) is 5.75 Å². The summed E-state index contributed by atoms with van der Waals surface area (Å²) in [7, 11) is 0. The van der Waals surface area contributed by atoms with Crippen molar-refractivity contribution in [3.8, 4) is 5.75 Å². The molecule has 5 heterocycles. The van der Waals surface area contributed by atoms with E-state index >= 15 is 0 Å². The van der Waals surface area contributed by atoms with Crippen LogP contribution in [-0.4, -0.2) is 54.4 Å². The lowest BCUT2D eigenvalue weighted by Crippen LogP contribution is -3.00. The third-order valence-corrected chi connectivity index (χ3v) is 9.10. The van der Waals surface area contributed by atoms with E-state index in [1.807, 2.05) is 65.4 Å². The highest BCUT2D eigenvalue weighted by Gasteiger charge is 2.51. The molecule has 3 aromatic rings. The number of esters is 1. The van der Waals surface area contributed by atoms with E-state index in [1.54, 1.807) is 0 Å². The first-order valence-corrected chi connectivity index (χ1v) is 13.4. The van der Waals surface area contributed by atoms with Gasteiger partial charge in [0.1, 0.15) is 12.3 Å².